The van der Waals surface area contributed by atoms with Crippen molar-refractivity contribution < 1.29 is 23.1 Å². The van der Waals surface area contributed by atoms with Crippen molar-refractivity contribution >= 4 is 17.5 Å². The number of aromatic nitrogens is 1. The maximum absolute atomic E-state index is 14.2. The molecule has 172 valence electrons. The fraction of sp³-hybridized carbons (Fsp3) is 0.435. The Balaban J connectivity index is 1.77. The van der Waals surface area contributed by atoms with Crippen molar-refractivity contribution in [2.24, 2.45) is 10.8 Å². The molecule has 9 heteroatoms. The molecule has 1 unspecified atom stereocenters. The summed E-state index contributed by atoms with van der Waals surface area (Å²) >= 11 is 0. The van der Waals surface area contributed by atoms with Gasteiger partial charge < -0.3 is 20.7 Å². The number of nitrogen functional groups attached to an aromatic ring is 1. The van der Waals surface area contributed by atoms with Crippen LogP contribution in [0.5, 0.6) is 5.75 Å². The van der Waals surface area contributed by atoms with E-state index in [0.717, 1.165) is 6.20 Å². The van der Waals surface area contributed by atoms with Crippen LogP contribution >= 0.6 is 0 Å². The van der Waals surface area contributed by atoms with Crippen LogP contribution in [0.15, 0.2) is 30.5 Å². The molecule has 1 aromatic heterocycles. The van der Waals surface area contributed by atoms with E-state index >= 15 is 0 Å². The quantitative estimate of drug-likeness (QED) is 0.735. The van der Waals surface area contributed by atoms with Crippen LogP contribution in [0.1, 0.15) is 48.0 Å². The van der Waals surface area contributed by atoms with Gasteiger partial charge in [-0.15, -0.1) is 0 Å². The normalized spacial score (nSPS) is 18.5. The molecule has 3 rings (SSSR count). The Kier molecular flexibility index (Phi) is 6.39. The lowest BCUT2D eigenvalue weighted by Gasteiger charge is -2.42. The molecule has 7 nitrogen and oxygen atoms in total. The Bertz CT molecular complexity index is 1040. The monoisotopic (exact) mass is 446 g/mol. The molecule has 32 heavy (non-hydrogen) atoms. The number of pyridine rings is 1. The van der Waals surface area contributed by atoms with Gasteiger partial charge in [0.1, 0.15) is 17.3 Å². The minimum absolute atomic E-state index is 0.0658. The second-order valence-corrected chi connectivity index (χ2v) is 9.13. The number of rotatable bonds is 5. The Morgan fingerprint density at radius 2 is 1.97 bits per heavy atom. The van der Waals surface area contributed by atoms with Crippen molar-refractivity contribution in [3.63, 3.8) is 0 Å². The summed E-state index contributed by atoms with van der Waals surface area (Å²) in [5.41, 5.74) is 4.65. The maximum Gasteiger partial charge on any atom is 0.272 e. The van der Waals surface area contributed by atoms with Crippen LogP contribution in [-0.4, -0.2) is 48.4 Å². The highest BCUT2D eigenvalue weighted by Gasteiger charge is 2.48. The van der Waals surface area contributed by atoms with E-state index in [1.54, 1.807) is 4.90 Å². The highest BCUT2D eigenvalue weighted by atomic mass is 19.1. The number of nitrogens with one attached hydrogen (secondary N) is 1. The number of hydrogen-bond donors (Lipinski definition) is 2. The van der Waals surface area contributed by atoms with Crippen LogP contribution in [0.3, 0.4) is 0 Å². The van der Waals surface area contributed by atoms with Gasteiger partial charge in [0.05, 0.1) is 24.6 Å². The van der Waals surface area contributed by atoms with E-state index in [-0.39, 0.29) is 34.8 Å². The summed E-state index contributed by atoms with van der Waals surface area (Å²) in [7, 11) is 1.44. The summed E-state index contributed by atoms with van der Waals surface area (Å²) in [6, 6.07) is 5.20. The highest BCUT2D eigenvalue weighted by molar-refractivity contribution is 5.95. The average molecular weight is 446 g/mol. The molecule has 1 aliphatic rings. The first-order valence-corrected chi connectivity index (χ1v) is 10.3. The number of likely N-dealkylation sites (tertiary alicyclic amines) is 1. The first-order valence-electron chi connectivity index (χ1n) is 10.3. The van der Waals surface area contributed by atoms with Crippen molar-refractivity contribution in [3.05, 3.63) is 53.4 Å². The molecule has 2 heterocycles. The topological polar surface area (TPSA) is 97.5 Å². The minimum Gasteiger partial charge on any atom is -0.497 e. The third-order valence-corrected chi connectivity index (χ3v) is 6.34. The Morgan fingerprint density at radius 3 is 2.59 bits per heavy atom. The van der Waals surface area contributed by atoms with Gasteiger partial charge in [0.25, 0.3) is 11.8 Å². The SMILES string of the molecule is COc1ccc(F)c(C(=O)NCC2(C(C)(C)C)CCN(C(=O)c3cc(N)c(F)cn3)C2)c1. The van der Waals surface area contributed by atoms with Crippen molar-refractivity contribution in [2.75, 3.05) is 32.5 Å². The number of amides is 2. The fourth-order valence-corrected chi connectivity index (χ4v) is 3.95. The van der Waals surface area contributed by atoms with Gasteiger partial charge in [-0.3, -0.25) is 9.59 Å². The number of nitrogens with zero attached hydrogens (tertiary/aromatic N) is 2. The lowest BCUT2D eigenvalue weighted by molar-refractivity contribution is 0.0641. The van der Waals surface area contributed by atoms with Crippen LogP contribution in [0.4, 0.5) is 14.5 Å². The van der Waals surface area contributed by atoms with Crippen molar-refractivity contribution in [1.29, 1.82) is 0 Å². The van der Waals surface area contributed by atoms with E-state index in [4.69, 9.17) is 10.5 Å². The summed E-state index contributed by atoms with van der Waals surface area (Å²) < 4.78 is 32.7. The number of carbonyl (C=O) groups excluding carboxylic acids is 2. The highest BCUT2D eigenvalue weighted by Crippen LogP contribution is 2.46. The number of ether oxygens (including phenoxy) is 1. The van der Waals surface area contributed by atoms with E-state index in [1.807, 2.05) is 20.8 Å². The molecule has 2 amide bonds. The lowest BCUT2D eigenvalue weighted by atomic mass is 9.66. The number of nitrogens with two attached hydrogens (primary N) is 1. The molecule has 1 fully saturated rings. The molecule has 1 atom stereocenters. The van der Waals surface area contributed by atoms with E-state index in [9.17, 15) is 18.4 Å². The smallest absolute Gasteiger partial charge is 0.272 e. The van der Waals surface area contributed by atoms with E-state index in [1.165, 1.54) is 31.4 Å². The van der Waals surface area contributed by atoms with Gasteiger partial charge >= 0.3 is 0 Å². The van der Waals surface area contributed by atoms with Crippen LogP contribution in [0.25, 0.3) is 0 Å². The van der Waals surface area contributed by atoms with Crippen LogP contribution in [0.2, 0.25) is 0 Å². The van der Waals surface area contributed by atoms with Crippen molar-refractivity contribution in [3.8, 4) is 5.75 Å². The average Bonchev–Trinajstić information content (AvgIpc) is 3.20. The molecule has 2 aromatic rings. The zero-order valence-electron chi connectivity index (χ0n) is 18.7. The summed E-state index contributed by atoms with van der Waals surface area (Å²) in [6.45, 7) is 7.15. The predicted molar refractivity (Wildman–Crippen MR) is 116 cm³/mol. The fourth-order valence-electron chi connectivity index (χ4n) is 3.95. The zero-order valence-corrected chi connectivity index (χ0v) is 18.7. The van der Waals surface area contributed by atoms with Gasteiger partial charge in [-0.2, -0.15) is 0 Å². The van der Waals surface area contributed by atoms with Crippen LogP contribution in [0, 0.1) is 22.5 Å². The second-order valence-electron chi connectivity index (χ2n) is 9.13. The molecule has 1 saturated heterocycles. The minimum atomic E-state index is -0.681. The number of methoxy groups -OCH3 is 1. The third kappa shape index (κ3) is 4.51. The second kappa shape index (κ2) is 8.72. The summed E-state index contributed by atoms with van der Waals surface area (Å²) in [5.74, 6) is -1.85. The third-order valence-electron chi connectivity index (χ3n) is 6.34. The van der Waals surface area contributed by atoms with Crippen molar-refractivity contribution in [2.45, 2.75) is 27.2 Å². The number of halogens is 2. The Hall–Kier alpha value is -3.23. The van der Waals surface area contributed by atoms with E-state index in [2.05, 4.69) is 10.3 Å². The summed E-state index contributed by atoms with van der Waals surface area (Å²) in [6.07, 6.45) is 1.55. The molecule has 3 N–H and O–H groups in total. The van der Waals surface area contributed by atoms with Gasteiger partial charge in [-0.1, -0.05) is 20.8 Å². The summed E-state index contributed by atoms with van der Waals surface area (Å²) in [5, 5.41) is 2.84. The number of anilines is 1. The molecular formula is C23H28F2N4O3. The van der Waals surface area contributed by atoms with Gasteiger partial charge in [0.15, 0.2) is 5.82 Å². The molecule has 1 aliphatic heterocycles. The van der Waals surface area contributed by atoms with E-state index < -0.39 is 23.0 Å². The van der Waals surface area contributed by atoms with Crippen LogP contribution in [-0.2, 0) is 0 Å². The molecule has 0 aliphatic carbocycles. The molecule has 0 spiro atoms. The number of carbonyl (C=O) groups is 2. The van der Waals surface area contributed by atoms with Gasteiger partial charge in [0.2, 0.25) is 0 Å². The molecule has 0 saturated carbocycles. The zero-order chi connectivity index (χ0) is 23.7. The first-order chi connectivity index (χ1) is 15.0. The molecular weight excluding hydrogens is 418 g/mol. The number of hydrogen-bond acceptors (Lipinski definition) is 5. The Morgan fingerprint density at radius 1 is 1.25 bits per heavy atom. The first kappa shape index (κ1) is 23.4. The lowest BCUT2D eigenvalue weighted by Crippen LogP contribution is -2.48. The van der Waals surface area contributed by atoms with Crippen molar-refractivity contribution in [1.82, 2.24) is 15.2 Å². The van der Waals surface area contributed by atoms with Gasteiger partial charge in [0, 0.05) is 25.0 Å². The molecule has 1 aromatic carbocycles. The largest absolute Gasteiger partial charge is 0.497 e. The van der Waals surface area contributed by atoms with E-state index in [0.29, 0.717) is 25.3 Å². The predicted octanol–water partition coefficient (Wildman–Crippen LogP) is 3.26. The summed E-state index contributed by atoms with van der Waals surface area (Å²) in [4.78, 5) is 31.1. The van der Waals surface area contributed by atoms with Gasteiger partial charge in [-0.25, -0.2) is 13.8 Å². The van der Waals surface area contributed by atoms with Gasteiger partial charge in [-0.05, 0) is 36.1 Å². The number of benzene rings is 1. The molecule has 0 radical (unpaired) electrons. The van der Waals surface area contributed by atoms with Crippen LogP contribution < -0.4 is 15.8 Å². The molecule has 0 bridgehead atoms. The maximum atomic E-state index is 14.2. The standard InChI is InChI=1S/C23H28F2N4O3/c1-22(2,3)23(12-28-20(30)15-9-14(32-4)5-6-16(15)24)7-8-29(13-23)21(31)19-10-18(26)17(25)11-27-19/h5-6,9-11H,7-8,12-13H2,1-4H3,(H2,26,27)(H,28,30). The Labute approximate surface area is 185 Å².